The van der Waals surface area contributed by atoms with Gasteiger partial charge in [-0.25, -0.2) is 0 Å². The van der Waals surface area contributed by atoms with Crippen LogP contribution in [0.3, 0.4) is 0 Å². The fourth-order valence-corrected chi connectivity index (χ4v) is 2.67. The van der Waals surface area contributed by atoms with Gasteiger partial charge >= 0.3 is 0 Å². The summed E-state index contributed by atoms with van der Waals surface area (Å²) >= 11 is 5.87. The van der Waals surface area contributed by atoms with E-state index in [4.69, 9.17) is 30.5 Å². The zero-order valence-electron chi connectivity index (χ0n) is 15.9. The van der Waals surface area contributed by atoms with Crippen LogP contribution in [0, 0.1) is 0 Å². The third kappa shape index (κ3) is 5.44. The molecule has 0 heterocycles. The Morgan fingerprint density at radius 3 is 2.11 bits per heavy atom. The normalized spacial score (nSPS) is 11.4. The molecule has 146 valence electrons. The van der Waals surface area contributed by atoms with Gasteiger partial charge in [0.25, 0.3) is 5.91 Å². The van der Waals surface area contributed by atoms with E-state index >= 15 is 0 Å². The summed E-state index contributed by atoms with van der Waals surface area (Å²) in [7, 11) is 4.64. The van der Waals surface area contributed by atoms with Crippen molar-refractivity contribution < 1.29 is 23.7 Å². The first-order chi connectivity index (χ1) is 13.0. The zero-order chi connectivity index (χ0) is 19.8. The van der Waals surface area contributed by atoms with Crippen LogP contribution in [0.1, 0.15) is 18.9 Å². The quantitative estimate of drug-likeness (QED) is 0.701. The fraction of sp³-hybridized carbons (Fsp3) is 0.350. The van der Waals surface area contributed by atoms with Gasteiger partial charge in [0.2, 0.25) is 5.75 Å². The van der Waals surface area contributed by atoms with Gasteiger partial charge in [0.1, 0.15) is 5.75 Å². The first-order valence-electron chi connectivity index (χ1n) is 8.51. The number of methoxy groups -OCH3 is 3. The monoisotopic (exact) mass is 393 g/mol. The minimum absolute atomic E-state index is 0.207. The number of ether oxygens (including phenoxy) is 4. The molecular formula is C20H24ClNO5. The van der Waals surface area contributed by atoms with Crippen molar-refractivity contribution in [2.75, 3.05) is 21.3 Å². The largest absolute Gasteiger partial charge is 0.493 e. The van der Waals surface area contributed by atoms with Crippen LogP contribution >= 0.6 is 11.6 Å². The minimum atomic E-state index is -0.604. The maximum Gasteiger partial charge on any atom is 0.261 e. The van der Waals surface area contributed by atoms with E-state index in [1.54, 1.807) is 57.7 Å². The third-order valence-electron chi connectivity index (χ3n) is 3.95. The summed E-state index contributed by atoms with van der Waals surface area (Å²) < 4.78 is 21.7. The van der Waals surface area contributed by atoms with Crippen molar-refractivity contribution in [3.63, 3.8) is 0 Å². The lowest BCUT2D eigenvalue weighted by Gasteiger charge is -2.18. The lowest BCUT2D eigenvalue weighted by Crippen LogP contribution is -2.37. The average Bonchev–Trinajstić information content (AvgIpc) is 2.70. The smallest absolute Gasteiger partial charge is 0.261 e. The third-order valence-corrected chi connectivity index (χ3v) is 4.20. The molecule has 1 N–H and O–H groups in total. The van der Waals surface area contributed by atoms with E-state index in [9.17, 15) is 4.79 Å². The number of benzene rings is 2. The number of halogens is 1. The molecule has 27 heavy (non-hydrogen) atoms. The van der Waals surface area contributed by atoms with Crippen molar-refractivity contribution in [3.8, 4) is 23.0 Å². The van der Waals surface area contributed by atoms with E-state index in [2.05, 4.69) is 5.32 Å². The molecule has 0 saturated heterocycles. The molecule has 2 rings (SSSR count). The summed E-state index contributed by atoms with van der Waals surface area (Å²) in [4.78, 5) is 12.5. The van der Waals surface area contributed by atoms with Crippen molar-refractivity contribution in [1.82, 2.24) is 5.32 Å². The molecule has 0 unspecified atom stereocenters. The number of carbonyl (C=O) groups is 1. The van der Waals surface area contributed by atoms with E-state index in [0.29, 0.717) is 41.0 Å². The summed E-state index contributed by atoms with van der Waals surface area (Å²) in [6.07, 6.45) is -0.0720. The summed E-state index contributed by atoms with van der Waals surface area (Å²) in [6.45, 7) is 2.19. The first-order valence-corrected chi connectivity index (χ1v) is 8.89. The highest BCUT2D eigenvalue weighted by molar-refractivity contribution is 6.30. The van der Waals surface area contributed by atoms with Crippen molar-refractivity contribution in [2.24, 2.45) is 0 Å². The Hall–Kier alpha value is -2.60. The molecule has 0 spiro atoms. The lowest BCUT2D eigenvalue weighted by atomic mass is 10.1. The molecule has 0 aliphatic rings. The van der Waals surface area contributed by atoms with Gasteiger partial charge in [0.05, 0.1) is 21.3 Å². The van der Waals surface area contributed by atoms with Crippen molar-refractivity contribution in [2.45, 2.75) is 26.0 Å². The van der Waals surface area contributed by atoms with Gasteiger partial charge in [-0.2, -0.15) is 0 Å². The fourth-order valence-electron chi connectivity index (χ4n) is 2.54. The molecule has 0 radical (unpaired) electrons. The molecule has 0 aliphatic carbocycles. The highest BCUT2D eigenvalue weighted by atomic mass is 35.5. The standard InChI is InChI=1S/C20H24ClNO5/c1-5-16(27-15-8-6-14(21)7-9-15)20(23)22-12-13-10-17(24-2)19(26-4)18(11-13)25-3/h6-11,16H,5,12H2,1-4H3,(H,22,23)/t16-/m0/s1. The number of nitrogens with one attached hydrogen (secondary N) is 1. The van der Waals surface area contributed by atoms with Gasteiger partial charge < -0.3 is 24.3 Å². The molecule has 1 amide bonds. The molecular weight excluding hydrogens is 370 g/mol. The van der Waals surface area contributed by atoms with E-state index < -0.39 is 6.10 Å². The van der Waals surface area contributed by atoms with Crippen LogP contribution in [0.4, 0.5) is 0 Å². The van der Waals surface area contributed by atoms with Gasteiger partial charge in [-0.15, -0.1) is 0 Å². The van der Waals surface area contributed by atoms with Crippen LogP contribution in [-0.2, 0) is 11.3 Å². The molecule has 2 aromatic carbocycles. The van der Waals surface area contributed by atoms with Crippen LogP contribution < -0.4 is 24.3 Å². The molecule has 0 bridgehead atoms. The van der Waals surface area contributed by atoms with Crippen LogP contribution in [0.15, 0.2) is 36.4 Å². The van der Waals surface area contributed by atoms with Gasteiger partial charge in [-0.3, -0.25) is 4.79 Å². The van der Waals surface area contributed by atoms with E-state index in [-0.39, 0.29) is 5.91 Å². The zero-order valence-corrected chi connectivity index (χ0v) is 16.6. The predicted octanol–water partition coefficient (Wildman–Crippen LogP) is 3.84. The van der Waals surface area contributed by atoms with E-state index in [1.807, 2.05) is 6.92 Å². The second kappa shape index (κ2) is 9.92. The molecule has 0 fully saturated rings. The molecule has 0 aliphatic heterocycles. The Labute approximate surface area is 164 Å². The molecule has 0 aromatic heterocycles. The van der Waals surface area contributed by atoms with Gasteiger partial charge in [-0.1, -0.05) is 18.5 Å². The predicted molar refractivity (Wildman–Crippen MR) is 104 cm³/mol. The second-order valence-electron chi connectivity index (χ2n) is 5.72. The molecule has 1 atom stereocenters. The Bertz CT molecular complexity index is 738. The van der Waals surface area contributed by atoms with Crippen molar-refractivity contribution in [3.05, 3.63) is 47.0 Å². The number of hydrogen-bond acceptors (Lipinski definition) is 5. The van der Waals surface area contributed by atoms with Crippen molar-refractivity contribution >= 4 is 17.5 Å². The molecule has 2 aromatic rings. The minimum Gasteiger partial charge on any atom is -0.493 e. The summed E-state index contributed by atoms with van der Waals surface area (Å²) in [5, 5.41) is 3.49. The Morgan fingerprint density at radius 2 is 1.63 bits per heavy atom. The van der Waals surface area contributed by atoms with E-state index in [0.717, 1.165) is 5.56 Å². The Kier molecular flexibility index (Phi) is 7.61. The van der Waals surface area contributed by atoms with Gasteiger partial charge in [0, 0.05) is 11.6 Å². The lowest BCUT2D eigenvalue weighted by molar-refractivity contribution is -0.128. The maximum absolute atomic E-state index is 12.5. The highest BCUT2D eigenvalue weighted by Gasteiger charge is 2.19. The molecule has 7 heteroatoms. The first kappa shape index (κ1) is 20.7. The van der Waals surface area contributed by atoms with Crippen LogP contribution in [0.5, 0.6) is 23.0 Å². The average molecular weight is 394 g/mol. The van der Waals surface area contributed by atoms with Crippen LogP contribution in [-0.4, -0.2) is 33.3 Å². The number of amides is 1. The highest BCUT2D eigenvalue weighted by Crippen LogP contribution is 2.38. The summed E-state index contributed by atoms with van der Waals surface area (Å²) in [5.41, 5.74) is 0.819. The molecule has 6 nitrogen and oxygen atoms in total. The second-order valence-corrected chi connectivity index (χ2v) is 6.16. The molecule has 0 saturated carbocycles. The van der Waals surface area contributed by atoms with Crippen LogP contribution in [0.25, 0.3) is 0 Å². The van der Waals surface area contributed by atoms with Gasteiger partial charge in [-0.05, 0) is 48.4 Å². The Balaban J connectivity index is 2.05. The maximum atomic E-state index is 12.5. The van der Waals surface area contributed by atoms with Crippen LogP contribution in [0.2, 0.25) is 5.02 Å². The summed E-state index contributed by atoms with van der Waals surface area (Å²) in [5.74, 6) is 1.96. The van der Waals surface area contributed by atoms with Gasteiger partial charge in [0.15, 0.2) is 17.6 Å². The number of carbonyl (C=O) groups excluding carboxylic acids is 1. The van der Waals surface area contributed by atoms with E-state index in [1.165, 1.54) is 0 Å². The SMILES string of the molecule is CC[C@H](Oc1ccc(Cl)cc1)C(=O)NCc1cc(OC)c(OC)c(OC)c1. The summed E-state index contributed by atoms with van der Waals surface area (Å²) in [6, 6.07) is 10.5. The van der Waals surface area contributed by atoms with Crippen molar-refractivity contribution in [1.29, 1.82) is 0 Å². The Morgan fingerprint density at radius 1 is 1.04 bits per heavy atom. The topological polar surface area (TPSA) is 66.0 Å². The number of hydrogen-bond donors (Lipinski definition) is 1. The number of rotatable bonds is 9.